The molecular weight excluding hydrogens is 598 g/mol. The molecule has 7 nitrogen and oxygen atoms in total. The van der Waals surface area contributed by atoms with Gasteiger partial charge < -0.3 is 19.3 Å². The van der Waals surface area contributed by atoms with E-state index in [2.05, 4.69) is 4.98 Å². The molecule has 0 saturated heterocycles. The summed E-state index contributed by atoms with van der Waals surface area (Å²) in [6.45, 7) is 2.08. The van der Waals surface area contributed by atoms with Crippen LogP contribution in [0.2, 0.25) is 0 Å². The first kappa shape index (κ1) is 31.4. The zero-order chi connectivity index (χ0) is 31.1. The lowest BCUT2D eigenvalue weighted by molar-refractivity contribution is -0.117. The van der Waals surface area contributed by atoms with E-state index >= 15 is 4.39 Å². The summed E-state index contributed by atoms with van der Waals surface area (Å²) in [6, 6.07) is 18.0. The van der Waals surface area contributed by atoms with Crippen molar-refractivity contribution in [2.75, 3.05) is 40.3 Å². The molecule has 10 heteroatoms. The van der Waals surface area contributed by atoms with Crippen LogP contribution < -0.4 is 4.74 Å². The minimum Gasteiger partial charge on any atom is -0.453 e. The summed E-state index contributed by atoms with van der Waals surface area (Å²) in [4.78, 5) is 34.6. The number of hydrogen-bond donors (Lipinski definition) is 0. The predicted octanol–water partition coefficient (Wildman–Crippen LogP) is 7.13. The van der Waals surface area contributed by atoms with Crippen LogP contribution in [0.5, 0.6) is 11.5 Å². The highest BCUT2D eigenvalue weighted by molar-refractivity contribution is 7.80. The second-order valence-electron chi connectivity index (χ2n) is 10.9. The Morgan fingerprint density at radius 2 is 1.86 bits per heavy atom. The van der Waals surface area contributed by atoms with Gasteiger partial charge in [0.25, 0.3) is 0 Å². The Bertz CT molecular complexity index is 1690. The molecule has 3 heterocycles. The van der Waals surface area contributed by atoms with Gasteiger partial charge in [0, 0.05) is 60.9 Å². The van der Waals surface area contributed by atoms with Crippen LogP contribution in [-0.4, -0.2) is 71.9 Å². The third-order valence-corrected chi connectivity index (χ3v) is 8.68. The lowest BCUT2D eigenvalue weighted by Crippen LogP contribution is -2.36. The second kappa shape index (κ2) is 14.7. The SMILES string of the molecule is CN(C)CCOC(=O)N1CC=C(c2cc3nccc(Oc4ccc(CC(=S)CC(=O)Cc5ccccc5)cc4F)c3s2)CC1. The fraction of sp³-hybridized carbons (Fsp3) is 0.294. The van der Waals surface area contributed by atoms with Crippen LogP contribution in [-0.2, 0) is 22.4 Å². The summed E-state index contributed by atoms with van der Waals surface area (Å²) in [6.07, 6.45) is 4.92. The highest BCUT2D eigenvalue weighted by Crippen LogP contribution is 2.39. The smallest absolute Gasteiger partial charge is 0.410 e. The molecule has 0 radical (unpaired) electrons. The number of thiocarbonyl (C=S) groups is 1. The average molecular weight is 632 g/mol. The number of rotatable bonds is 12. The summed E-state index contributed by atoms with van der Waals surface area (Å²) in [5.74, 6) is 0.151. The normalized spacial score (nSPS) is 13.2. The van der Waals surface area contributed by atoms with E-state index in [9.17, 15) is 9.59 Å². The standard InChI is InChI=1S/C34H34FN3O4S2/c1-37(2)16-17-41-34(40)38-14-11-25(12-15-38)32-22-29-33(44-32)31(10-13-36-29)42-30-9-8-24(20-28(30)35)19-27(43)21-26(39)18-23-6-4-3-5-7-23/h3-11,13,20,22H,12,14-19,21H2,1-2H3. The maximum atomic E-state index is 15.1. The molecule has 0 saturated carbocycles. The van der Waals surface area contributed by atoms with Crippen molar-refractivity contribution in [2.45, 2.75) is 25.7 Å². The van der Waals surface area contributed by atoms with Gasteiger partial charge in [-0.15, -0.1) is 11.3 Å². The summed E-state index contributed by atoms with van der Waals surface area (Å²) in [5.41, 5.74) is 3.53. The number of Topliss-reactive ketones (excluding diaryl/α,β-unsaturated/α-hetero) is 1. The minimum absolute atomic E-state index is 0.0399. The third kappa shape index (κ3) is 8.34. The van der Waals surface area contributed by atoms with Crippen LogP contribution in [0.25, 0.3) is 15.8 Å². The average Bonchev–Trinajstić information content (AvgIpc) is 3.44. The number of ketones is 1. The Balaban J connectivity index is 1.20. The number of ether oxygens (including phenoxy) is 2. The van der Waals surface area contributed by atoms with Gasteiger partial charge >= 0.3 is 6.09 Å². The lowest BCUT2D eigenvalue weighted by atomic mass is 10.0. The number of amides is 1. The van der Waals surface area contributed by atoms with Crippen LogP contribution in [0.15, 0.2) is 72.9 Å². The topological polar surface area (TPSA) is 72.0 Å². The molecule has 0 aliphatic carbocycles. The van der Waals surface area contributed by atoms with Gasteiger partial charge in [0.05, 0.1) is 10.2 Å². The summed E-state index contributed by atoms with van der Waals surface area (Å²) in [5, 5.41) is 0. The fourth-order valence-corrected chi connectivity index (χ4v) is 6.33. The number of pyridine rings is 1. The van der Waals surface area contributed by atoms with Crippen molar-refractivity contribution >= 4 is 56.1 Å². The number of nitrogens with zero attached hydrogens (tertiary/aromatic N) is 3. The van der Waals surface area contributed by atoms with Gasteiger partial charge in [0.1, 0.15) is 18.1 Å². The van der Waals surface area contributed by atoms with Gasteiger partial charge in [-0.25, -0.2) is 9.18 Å². The maximum Gasteiger partial charge on any atom is 0.410 e. The van der Waals surface area contributed by atoms with Crippen molar-refractivity contribution < 1.29 is 23.5 Å². The number of benzene rings is 2. The van der Waals surface area contributed by atoms with E-state index in [4.69, 9.17) is 21.7 Å². The van der Waals surface area contributed by atoms with Crippen molar-refractivity contribution in [2.24, 2.45) is 0 Å². The van der Waals surface area contributed by atoms with E-state index in [-0.39, 0.29) is 24.0 Å². The Hall–Kier alpha value is -3.99. The molecule has 2 aromatic carbocycles. The fourth-order valence-electron chi connectivity index (χ4n) is 4.87. The number of hydrogen-bond acceptors (Lipinski definition) is 8. The van der Waals surface area contributed by atoms with E-state index in [1.54, 1.807) is 29.3 Å². The Morgan fingerprint density at radius 3 is 2.59 bits per heavy atom. The van der Waals surface area contributed by atoms with Gasteiger partial charge in [-0.1, -0.05) is 54.7 Å². The number of carbonyl (C=O) groups is 2. The first-order valence-corrected chi connectivity index (χ1v) is 15.7. The Kier molecular flexibility index (Phi) is 10.5. The first-order valence-electron chi connectivity index (χ1n) is 14.4. The van der Waals surface area contributed by atoms with Crippen LogP contribution in [0.4, 0.5) is 9.18 Å². The van der Waals surface area contributed by atoms with E-state index in [0.29, 0.717) is 61.7 Å². The molecular formula is C34H34FN3O4S2. The highest BCUT2D eigenvalue weighted by atomic mass is 32.1. The number of halogens is 1. The third-order valence-electron chi connectivity index (χ3n) is 7.18. The van der Waals surface area contributed by atoms with Crippen molar-refractivity contribution in [3.63, 3.8) is 0 Å². The largest absolute Gasteiger partial charge is 0.453 e. The van der Waals surface area contributed by atoms with Gasteiger partial charge in [-0.05, 0) is 55.4 Å². The molecule has 0 spiro atoms. The van der Waals surface area contributed by atoms with Crippen LogP contribution >= 0.6 is 23.6 Å². The number of thiophene rings is 1. The van der Waals surface area contributed by atoms with E-state index in [1.165, 1.54) is 17.4 Å². The zero-order valence-corrected chi connectivity index (χ0v) is 26.4. The molecule has 1 amide bonds. The molecule has 2 aromatic heterocycles. The molecule has 5 rings (SSSR count). The van der Waals surface area contributed by atoms with Gasteiger partial charge in [0.2, 0.25) is 0 Å². The molecule has 0 unspecified atom stereocenters. The summed E-state index contributed by atoms with van der Waals surface area (Å²) >= 11 is 6.98. The monoisotopic (exact) mass is 631 g/mol. The number of likely N-dealkylation sites (N-methyl/N-ethyl adjacent to an activating group) is 1. The quantitative estimate of drug-likeness (QED) is 0.154. The van der Waals surface area contributed by atoms with Crippen molar-refractivity contribution in [1.82, 2.24) is 14.8 Å². The predicted molar refractivity (Wildman–Crippen MR) is 176 cm³/mol. The molecule has 44 heavy (non-hydrogen) atoms. The zero-order valence-electron chi connectivity index (χ0n) is 24.8. The van der Waals surface area contributed by atoms with Gasteiger partial charge in [-0.3, -0.25) is 9.78 Å². The highest BCUT2D eigenvalue weighted by Gasteiger charge is 2.21. The Morgan fingerprint density at radius 1 is 1.05 bits per heavy atom. The molecule has 1 aliphatic rings. The lowest BCUT2D eigenvalue weighted by Gasteiger charge is -2.25. The molecule has 0 N–H and O–H groups in total. The van der Waals surface area contributed by atoms with Gasteiger partial charge in [-0.2, -0.15) is 0 Å². The van der Waals surface area contributed by atoms with Gasteiger partial charge in [0.15, 0.2) is 11.6 Å². The minimum atomic E-state index is -0.504. The number of carbonyl (C=O) groups excluding carboxylic acids is 2. The summed E-state index contributed by atoms with van der Waals surface area (Å²) in [7, 11) is 3.87. The second-order valence-corrected chi connectivity index (χ2v) is 12.6. The van der Waals surface area contributed by atoms with E-state index in [0.717, 1.165) is 26.2 Å². The van der Waals surface area contributed by atoms with Crippen LogP contribution in [0.1, 0.15) is 28.8 Å². The Labute approximate surface area is 265 Å². The maximum absolute atomic E-state index is 15.1. The van der Waals surface area contributed by atoms with Crippen molar-refractivity contribution in [1.29, 1.82) is 0 Å². The van der Waals surface area contributed by atoms with Crippen molar-refractivity contribution in [3.8, 4) is 11.5 Å². The molecule has 0 fully saturated rings. The molecule has 1 aliphatic heterocycles. The van der Waals surface area contributed by atoms with E-state index in [1.807, 2.05) is 61.5 Å². The molecule has 4 aromatic rings. The van der Waals surface area contributed by atoms with Crippen molar-refractivity contribution in [3.05, 3.63) is 94.8 Å². The van der Waals surface area contributed by atoms with Crippen LogP contribution in [0, 0.1) is 5.82 Å². The molecule has 228 valence electrons. The number of fused-ring (bicyclic) bond motifs is 1. The van der Waals surface area contributed by atoms with E-state index < -0.39 is 5.82 Å². The summed E-state index contributed by atoms with van der Waals surface area (Å²) < 4.78 is 27.4. The number of aromatic nitrogens is 1. The first-order chi connectivity index (χ1) is 21.2. The van der Waals surface area contributed by atoms with Crippen LogP contribution in [0.3, 0.4) is 0 Å². The molecule has 0 atom stereocenters. The molecule has 0 bridgehead atoms.